The summed E-state index contributed by atoms with van der Waals surface area (Å²) in [5, 5.41) is 2.63. The van der Waals surface area contributed by atoms with Gasteiger partial charge in [-0.15, -0.1) is 0 Å². The van der Waals surface area contributed by atoms with Crippen molar-refractivity contribution < 1.29 is 0 Å². The van der Waals surface area contributed by atoms with Gasteiger partial charge in [0.1, 0.15) is 0 Å². The molecule has 2 aromatic carbocycles. The summed E-state index contributed by atoms with van der Waals surface area (Å²) in [5.74, 6) is 0. The second-order valence-corrected chi connectivity index (χ2v) is 3.61. The molecule has 0 aromatic heterocycles. The van der Waals surface area contributed by atoms with Gasteiger partial charge in [0.15, 0.2) is 0 Å². The van der Waals surface area contributed by atoms with Gasteiger partial charge >= 0.3 is 0 Å². The number of benzene rings is 2. The van der Waals surface area contributed by atoms with E-state index < -0.39 is 0 Å². The molecule has 0 heteroatoms. The molecule has 0 aliphatic carbocycles. The van der Waals surface area contributed by atoms with Gasteiger partial charge in [0, 0.05) is 0 Å². The van der Waals surface area contributed by atoms with Crippen LogP contribution >= 0.6 is 0 Å². The van der Waals surface area contributed by atoms with E-state index in [4.69, 9.17) is 0 Å². The van der Waals surface area contributed by atoms with E-state index in [1.165, 1.54) is 21.9 Å². The van der Waals surface area contributed by atoms with Crippen LogP contribution in [0.2, 0.25) is 0 Å². The highest BCUT2D eigenvalue weighted by Gasteiger charge is 1.94. The number of fused-ring (bicyclic) bond motifs is 1. The third-order valence-electron chi connectivity index (χ3n) is 2.38. The van der Waals surface area contributed by atoms with Crippen molar-refractivity contribution in [3.05, 3.63) is 53.6 Å². The summed E-state index contributed by atoms with van der Waals surface area (Å²) in [6.45, 7) is 8.17. The van der Waals surface area contributed by atoms with Crippen molar-refractivity contribution >= 4 is 16.8 Å². The Morgan fingerprint density at radius 1 is 0.875 bits per heavy atom. The maximum Gasteiger partial charge on any atom is -0.0178 e. The predicted octanol–water partition coefficient (Wildman–Crippen LogP) is 5.21. The monoisotopic (exact) mass is 212 g/mol. The summed E-state index contributed by atoms with van der Waals surface area (Å²) in [5.41, 5.74) is 2.58. The highest BCUT2D eigenvalue weighted by molar-refractivity contribution is 5.85. The topological polar surface area (TPSA) is 0 Å². The minimum Gasteiger partial charge on any atom is -0.0871 e. The molecule has 0 spiro atoms. The van der Waals surface area contributed by atoms with Crippen LogP contribution in [0.1, 0.15) is 31.9 Å². The van der Waals surface area contributed by atoms with E-state index in [1.807, 2.05) is 20.8 Å². The second kappa shape index (κ2) is 6.12. The first-order valence-electron chi connectivity index (χ1n) is 5.93. The van der Waals surface area contributed by atoms with Gasteiger partial charge in [-0.3, -0.25) is 0 Å². The molecule has 0 N–H and O–H groups in total. The lowest BCUT2D eigenvalue weighted by Gasteiger charge is -2.00. The van der Waals surface area contributed by atoms with Crippen LogP contribution in [0.25, 0.3) is 16.8 Å². The first-order chi connectivity index (χ1) is 7.79. The third-order valence-corrected chi connectivity index (χ3v) is 2.38. The van der Waals surface area contributed by atoms with E-state index in [-0.39, 0.29) is 0 Å². The average molecular weight is 212 g/mol. The summed E-state index contributed by atoms with van der Waals surface area (Å²) in [6.07, 6.45) is 4.19. The van der Waals surface area contributed by atoms with Crippen LogP contribution in [0.15, 0.2) is 42.5 Å². The van der Waals surface area contributed by atoms with Crippen molar-refractivity contribution in [1.82, 2.24) is 0 Å². The maximum atomic E-state index is 2.22. The van der Waals surface area contributed by atoms with Crippen molar-refractivity contribution in [3.63, 3.8) is 0 Å². The molecule has 0 aliphatic heterocycles. The number of aryl methyl sites for hydroxylation is 1. The van der Waals surface area contributed by atoms with Crippen molar-refractivity contribution in [1.29, 1.82) is 0 Å². The molecule has 0 nitrogen and oxygen atoms in total. The molecule has 0 unspecified atom stereocenters. The molecule has 0 saturated carbocycles. The van der Waals surface area contributed by atoms with Gasteiger partial charge in [-0.1, -0.05) is 61.9 Å². The second-order valence-electron chi connectivity index (χ2n) is 3.61. The van der Waals surface area contributed by atoms with Gasteiger partial charge in [-0.2, -0.15) is 0 Å². The van der Waals surface area contributed by atoms with Gasteiger partial charge in [-0.25, -0.2) is 0 Å². The smallest absolute Gasteiger partial charge is 0.0178 e. The Morgan fingerprint density at radius 3 is 2.19 bits per heavy atom. The lowest BCUT2D eigenvalue weighted by Crippen LogP contribution is -1.77. The van der Waals surface area contributed by atoms with Crippen LogP contribution in [0, 0.1) is 6.92 Å². The quantitative estimate of drug-likeness (QED) is 0.609. The average Bonchev–Trinajstić information content (AvgIpc) is 2.32. The number of rotatable bonds is 1. The van der Waals surface area contributed by atoms with E-state index in [0.29, 0.717) is 0 Å². The molecule has 0 atom stereocenters. The van der Waals surface area contributed by atoms with Crippen molar-refractivity contribution in [2.24, 2.45) is 0 Å². The minimum absolute atomic E-state index is 1.27. The molecule has 0 saturated heterocycles. The van der Waals surface area contributed by atoms with Crippen LogP contribution in [0.4, 0.5) is 0 Å². The zero-order valence-electron chi connectivity index (χ0n) is 10.6. The molecule has 84 valence electrons. The molecule has 2 aromatic rings. The van der Waals surface area contributed by atoms with Gasteiger partial charge < -0.3 is 0 Å². The first-order valence-corrected chi connectivity index (χ1v) is 5.93. The Balaban J connectivity index is 0.000000606. The van der Waals surface area contributed by atoms with Crippen LogP contribution in [0.5, 0.6) is 0 Å². The van der Waals surface area contributed by atoms with E-state index in [9.17, 15) is 0 Å². The van der Waals surface area contributed by atoms with Gasteiger partial charge in [0.2, 0.25) is 0 Å². The highest BCUT2D eigenvalue weighted by atomic mass is 14.0. The summed E-state index contributed by atoms with van der Waals surface area (Å²) < 4.78 is 0. The van der Waals surface area contributed by atoms with Gasteiger partial charge in [0.25, 0.3) is 0 Å². The maximum absolute atomic E-state index is 2.22. The molecule has 0 bridgehead atoms. The van der Waals surface area contributed by atoms with Crippen LogP contribution < -0.4 is 0 Å². The molecule has 0 amide bonds. The predicted molar refractivity (Wildman–Crippen MR) is 74.7 cm³/mol. The molecule has 0 heterocycles. The Kier molecular flexibility index (Phi) is 4.78. The molecule has 2 rings (SSSR count). The van der Waals surface area contributed by atoms with Gasteiger partial charge in [0.05, 0.1) is 0 Å². The summed E-state index contributed by atoms with van der Waals surface area (Å²) in [4.78, 5) is 0. The SMILES string of the molecule is C/C=C/c1ccc2cc(C)ccc2c1.CC. The van der Waals surface area contributed by atoms with E-state index in [0.717, 1.165) is 0 Å². The van der Waals surface area contributed by atoms with Crippen LogP contribution in [-0.2, 0) is 0 Å². The fourth-order valence-electron chi connectivity index (χ4n) is 1.68. The molecule has 0 fully saturated rings. The number of allylic oxidation sites excluding steroid dienone is 1. The zero-order chi connectivity index (χ0) is 12.0. The Morgan fingerprint density at radius 2 is 1.50 bits per heavy atom. The molecular formula is C16H20. The summed E-state index contributed by atoms with van der Waals surface area (Å²) >= 11 is 0. The number of hydrogen-bond acceptors (Lipinski definition) is 0. The fraction of sp³-hybridized carbons (Fsp3) is 0.250. The van der Waals surface area contributed by atoms with Crippen molar-refractivity contribution in [3.8, 4) is 0 Å². The normalized spacial score (nSPS) is 10.2. The Hall–Kier alpha value is -1.56. The Bertz CT molecular complexity index is 478. The van der Waals surface area contributed by atoms with E-state index in [1.54, 1.807) is 0 Å². The lowest BCUT2D eigenvalue weighted by atomic mass is 10.0. The number of hydrogen-bond donors (Lipinski definition) is 0. The van der Waals surface area contributed by atoms with Crippen molar-refractivity contribution in [2.45, 2.75) is 27.7 Å². The first kappa shape index (κ1) is 12.5. The minimum atomic E-state index is 1.27. The summed E-state index contributed by atoms with van der Waals surface area (Å²) in [7, 11) is 0. The van der Waals surface area contributed by atoms with Gasteiger partial charge in [-0.05, 0) is 36.2 Å². The van der Waals surface area contributed by atoms with Crippen LogP contribution in [0.3, 0.4) is 0 Å². The van der Waals surface area contributed by atoms with Crippen LogP contribution in [-0.4, -0.2) is 0 Å². The van der Waals surface area contributed by atoms with Crippen molar-refractivity contribution in [2.75, 3.05) is 0 Å². The fourth-order valence-corrected chi connectivity index (χ4v) is 1.68. The zero-order valence-corrected chi connectivity index (χ0v) is 10.6. The van der Waals surface area contributed by atoms with E-state index in [2.05, 4.69) is 55.5 Å². The molecule has 16 heavy (non-hydrogen) atoms. The largest absolute Gasteiger partial charge is 0.0871 e. The molecular weight excluding hydrogens is 192 g/mol. The lowest BCUT2D eigenvalue weighted by molar-refractivity contribution is 1.50. The third kappa shape index (κ3) is 2.96. The summed E-state index contributed by atoms with van der Waals surface area (Å²) in [6, 6.07) is 13.1. The highest BCUT2D eigenvalue weighted by Crippen LogP contribution is 2.18. The standard InChI is InChI=1S/C14H14.C2H6/c1-3-4-12-6-8-13-9-11(2)5-7-14(13)10-12;1-2/h3-10H,1-2H3;1-2H3/b4-3+;. The molecule has 0 radical (unpaired) electrons. The Labute approximate surface area is 98.6 Å². The van der Waals surface area contributed by atoms with E-state index >= 15 is 0 Å². The molecule has 0 aliphatic rings.